The summed E-state index contributed by atoms with van der Waals surface area (Å²) in [6.45, 7) is 3.68. The molecule has 0 saturated heterocycles. The Morgan fingerprint density at radius 2 is 2.00 bits per heavy atom. The lowest BCUT2D eigenvalue weighted by atomic mass is 9.99. The Kier molecular flexibility index (Phi) is 3.61. The Hall–Kier alpha value is -0.330. The highest BCUT2D eigenvalue weighted by Gasteiger charge is 2.17. The van der Waals surface area contributed by atoms with Crippen molar-refractivity contribution in [2.24, 2.45) is 5.92 Å². The molecule has 1 radical (unpaired) electrons. The van der Waals surface area contributed by atoms with Crippen LogP contribution in [0.4, 0.5) is 0 Å². The lowest BCUT2D eigenvalue weighted by Gasteiger charge is -2.05. The highest BCUT2D eigenvalue weighted by Crippen LogP contribution is 2.27. The van der Waals surface area contributed by atoms with Gasteiger partial charge in [-0.2, -0.15) is 0 Å². The van der Waals surface area contributed by atoms with Crippen LogP contribution in [0, 0.1) is 12.8 Å². The Morgan fingerprint density at radius 3 is 2.55 bits per heavy atom. The van der Waals surface area contributed by atoms with Crippen LogP contribution in [0.1, 0.15) is 44.9 Å². The van der Waals surface area contributed by atoms with Crippen molar-refractivity contribution < 1.29 is 4.79 Å². The summed E-state index contributed by atoms with van der Waals surface area (Å²) in [5.74, 6) is 1.14. The van der Waals surface area contributed by atoms with E-state index in [0.29, 0.717) is 18.1 Å². The number of carbonyl (C=O) groups is 1. The van der Waals surface area contributed by atoms with E-state index in [0.717, 1.165) is 12.8 Å². The summed E-state index contributed by atoms with van der Waals surface area (Å²) in [4.78, 5) is 11.2. The largest absolute Gasteiger partial charge is 0.300 e. The molecule has 0 bridgehead atoms. The molecule has 1 fully saturated rings. The second-order valence-corrected chi connectivity index (χ2v) is 3.50. The van der Waals surface area contributed by atoms with Gasteiger partial charge in [0.1, 0.15) is 5.78 Å². The van der Waals surface area contributed by atoms with E-state index in [-0.39, 0.29) is 0 Å². The van der Waals surface area contributed by atoms with Crippen molar-refractivity contribution in [2.45, 2.75) is 44.9 Å². The second kappa shape index (κ2) is 4.53. The van der Waals surface area contributed by atoms with Crippen LogP contribution in [0.2, 0.25) is 0 Å². The lowest BCUT2D eigenvalue weighted by molar-refractivity contribution is -0.119. The summed E-state index contributed by atoms with van der Waals surface area (Å²) in [6, 6.07) is 0. The predicted molar refractivity (Wildman–Crippen MR) is 46.2 cm³/mol. The summed E-state index contributed by atoms with van der Waals surface area (Å²) in [7, 11) is 0. The van der Waals surface area contributed by atoms with Crippen molar-refractivity contribution in [2.75, 3.05) is 0 Å². The first-order valence-electron chi connectivity index (χ1n) is 4.64. The number of rotatable bonds is 4. The monoisotopic (exact) mass is 153 g/mol. The Labute approximate surface area is 69.2 Å². The Morgan fingerprint density at radius 1 is 1.36 bits per heavy atom. The van der Waals surface area contributed by atoms with Crippen molar-refractivity contribution in [3.8, 4) is 0 Å². The molecule has 63 valence electrons. The van der Waals surface area contributed by atoms with Crippen molar-refractivity contribution in [3.63, 3.8) is 0 Å². The average molecular weight is 153 g/mol. The first-order chi connectivity index (χ1) is 5.33. The second-order valence-electron chi connectivity index (χ2n) is 3.50. The van der Waals surface area contributed by atoms with Gasteiger partial charge < -0.3 is 0 Å². The molecular formula is C10H17O. The van der Waals surface area contributed by atoms with Gasteiger partial charge in [-0.25, -0.2) is 0 Å². The highest BCUT2D eigenvalue weighted by molar-refractivity contribution is 5.78. The number of ketones is 1. The van der Waals surface area contributed by atoms with Crippen molar-refractivity contribution in [1.82, 2.24) is 0 Å². The van der Waals surface area contributed by atoms with E-state index in [1.54, 1.807) is 0 Å². The summed E-state index contributed by atoms with van der Waals surface area (Å²) in [6.07, 6.45) is 7.52. The lowest BCUT2D eigenvalue weighted by Crippen LogP contribution is -2.04. The van der Waals surface area contributed by atoms with Crippen LogP contribution < -0.4 is 0 Å². The molecule has 1 heteroatoms. The molecule has 1 aliphatic rings. The van der Waals surface area contributed by atoms with Crippen LogP contribution in [0.25, 0.3) is 0 Å². The van der Waals surface area contributed by atoms with E-state index in [4.69, 9.17) is 0 Å². The molecule has 0 aromatic heterocycles. The van der Waals surface area contributed by atoms with E-state index in [9.17, 15) is 4.79 Å². The average Bonchev–Trinajstić information content (AvgIpc) is 2.40. The van der Waals surface area contributed by atoms with Crippen LogP contribution in [-0.2, 0) is 4.79 Å². The van der Waals surface area contributed by atoms with E-state index >= 15 is 0 Å². The molecule has 1 rings (SSSR count). The first-order valence-corrected chi connectivity index (χ1v) is 4.64. The van der Waals surface area contributed by atoms with Crippen LogP contribution >= 0.6 is 0 Å². The third-order valence-corrected chi connectivity index (χ3v) is 2.45. The normalized spacial score (nSPS) is 19.0. The zero-order chi connectivity index (χ0) is 8.10. The topological polar surface area (TPSA) is 17.1 Å². The number of hydrogen-bond acceptors (Lipinski definition) is 1. The van der Waals surface area contributed by atoms with E-state index in [1.165, 1.54) is 25.7 Å². The van der Waals surface area contributed by atoms with Crippen LogP contribution in [0.15, 0.2) is 0 Å². The van der Waals surface area contributed by atoms with Gasteiger partial charge in [0.2, 0.25) is 0 Å². The fourth-order valence-electron chi connectivity index (χ4n) is 1.84. The maximum atomic E-state index is 11.2. The molecule has 0 aliphatic heterocycles. The fraction of sp³-hybridized carbons (Fsp3) is 0.800. The van der Waals surface area contributed by atoms with Gasteiger partial charge in [-0.1, -0.05) is 32.6 Å². The third kappa shape index (κ3) is 3.04. The van der Waals surface area contributed by atoms with Crippen molar-refractivity contribution >= 4 is 5.78 Å². The molecule has 0 aromatic rings. The van der Waals surface area contributed by atoms with E-state index < -0.39 is 0 Å². The van der Waals surface area contributed by atoms with Crippen molar-refractivity contribution in [3.05, 3.63) is 6.92 Å². The Balaban J connectivity index is 2.13. The number of Topliss-reactive ketones (excluding diaryl/α,β-unsaturated/α-hetero) is 1. The van der Waals surface area contributed by atoms with Gasteiger partial charge in [-0.15, -0.1) is 0 Å². The third-order valence-electron chi connectivity index (χ3n) is 2.45. The molecule has 1 saturated carbocycles. The summed E-state index contributed by atoms with van der Waals surface area (Å²) < 4.78 is 0. The molecule has 0 amide bonds. The fourth-order valence-corrected chi connectivity index (χ4v) is 1.84. The first kappa shape index (κ1) is 8.76. The predicted octanol–water partition coefficient (Wildman–Crippen LogP) is 2.75. The molecule has 0 atom stereocenters. The minimum absolute atomic E-state index is 0.423. The molecule has 11 heavy (non-hydrogen) atoms. The standard InChI is InChI=1S/C10H17O/c1-2-5-10(11)8-9-6-3-4-7-9/h9H,1-8H2. The number of hydrogen-bond donors (Lipinski definition) is 0. The van der Waals surface area contributed by atoms with Gasteiger partial charge in [0.15, 0.2) is 0 Å². The summed E-state index contributed by atoms with van der Waals surface area (Å²) in [5.41, 5.74) is 0. The highest BCUT2D eigenvalue weighted by atomic mass is 16.1. The SMILES string of the molecule is [CH2]CCC(=O)CC1CCCC1. The van der Waals surface area contributed by atoms with Gasteiger partial charge in [0.05, 0.1) is 0 Å². The Bertz CT molecular complexity index is 123. The van der Waals surface area contributed by atoms with E-state index in [2.05, 4.69) is 6.92 Å². The minimum Gasteiger partial charge on any atom is -0.300 e. The van der Waals surface area contributed by atoms with Gasteiger partial charge in [-0.3, -0.25) is 4.79 Å². The molecule has 0 spiro atoms. The zero-order valence-corrected chi connectivity index (χ0v) is 7.14. The summed E-state index contributed by atoms with van der Waals surface area (Å²) >= 11 is 0. The minimum atomic E-state index is 0.423. The smallest absolute Gasteiger partial charge is 0.133 e. The van der Waals surface area contributed by atoms with Crippen LogP contribution in [0.5, 0.6) is 0 Å². The molecule has 0 aromatic carbocycles. The molecular weight excluding hydrogens is 136 g/mol. The van der Waals surface area contributed by atoms with Gasteiger partial charge >= 0.3 is 0 Å². The quantitative estimate of drug-likeness (QED) is 0.607. The molecule has 0 unspecified atom stereocenters. The maximum Gasteiger partial charge on any atom is 0.133 e. The molecule has 0 heterocycles. The van der Waals surface area contributed by atoms with Crippen molar-refractivity contribution in [1.29, 1.82) is 0 Å². The van der Waals surface area contributed by atoms with Crippen LogP contribution in [0.3, 0.4) is 0 Å². The van der Waals surface area contributed by atoms with Gasteiger partial charge in [0.25, 0.3) is 0 Å². The molecule has 1 aliphatic carbocycles. The van der Waals surface area contributed by atoms with Gasteiger partial charge in [-0.05, 0) is 12.3 Å². The van der Waals surface area contributed by atoms with Gasteiger partial charge in [0, 0.05) is 12.8 Å². The van der Waals surface area contributed by atoms with Crippen LogP contribution in [-0.4, -0.2) is 5.78 Å². The maximum absolute atomic E-state index is 11.2. The summed E-state index contributed by atoms with van der Waals surface area (Å²) in [5, 5.41) is 0. The molecule has 0 N–H and O–H groups in total. The number of carbonyl (C=O) groups excluding carboxylic acids is 1. The molecule has 1 nitrogen and oxygen atoms in total. The zero-order valence-electron chi connectivity index (χ0n) is 7.14. The van der Waals surface area contributed by atoms with E-state index in [1.807, 2.05) is 0 Å².